The number of nitrogens with zero attached hydrogens (tertiary/aromatic N) is 1. The third-order valence-corrected chi connectivity index (χ3v) is 2.64. The van der Waals surface area contributed by atoms with Crippen molar-refractivity contribution in [3.05, 3.63) is 24.3 Å². The molecule has 5 heteroatoms. The number of amides is 1. The Labute approximate surface area is 127 Å². The topological polar surface area (TPSA) is 53.6 Å². The molecule has 1 aromatic carbocycles. The second-order valence-electron chi connectivity index (χ2n) is 6.29. The van der Waals surface area contributed by atoms with Crippen LogP contribution in [0.2, 0.25) is 0 Å². The first-order valence-corrected chi connectivity index (χ1v) is 7.25. The Hall–Kier alpha value is -1.75. The predicted molar refractivity (Wildman–Crippen MR) is 88.0 cm³/mol. The Balaban J connectivity index is 2.38. The molecule has 0 heterocycles. The maximum Gasteiger partial charge on any atom is 0.412 e. The zero-order valence-corrected chi connectivity index (χ0v) is 13.7. The molecule has 0 bridgehead atoms. The number of benzene rings is 1. The largest absolute Gasteiger partial charge is 0.444 e. The van der Waals surface area contributed by atoms with Crippen molar-refractivity contribution in [2.45, 2.75) is 32.8 Å². The molecular weight excluding hydrogens is 266 g/mol. The third-order valence-electron chi connectivity index (χ3n) is 2.64. The molecular formula is C16H27N3O2. The molecule has 0 saturated carbocycles. The van der Waals surface area contributed by atoms with Crippen molar-refractivity contribution in [2.75, 3.05) is 37.8 Å². The van der Waals surface area contributed by atoms with E-state index in [1.807, 2.05) is 45.0 Å². The Morgan fingerprint density at radius 2 is 1.71 bits per heavy atom. The van der Waals surface area contributed by atoms with Crippen LogP contribution in [-0.2, 0) is 4.74 Å². The van der Waals surface area contributed by atoms with Gasteiger partial charge in [0.1, 0.15) is 5.60 Å². The molecule has 5 nitrogen and oxygen atoms in total. The number of carbonyl (C=O) groups excluding carboxylic acids is 1. The number of hydrogen-bond donors (Lipinski definition) is 2. The van der Waals surface area contributed by atoms with Crippen molar-refractivity contribution < 1.29 is 9.53 Å². The summed E-state index contributed by atoms with van der Waals surface area (Å²) in [5, 5.41) is 6.06. The van der Waals surface area contributed by atoms with E-state index in [0.29, 0.717) is 0 Å². The number of rotatable bonds is 6. The van der Waals surface area contributed by atoms with E-state index >= 15 is 0 Å². The maximum absolute atomic E-state index is 11.6. The molecule has 21 heavy (non-hydrogen) atoms. The van der Waals surface area contributed by atoms with E-state index in [9.17, 15) is 4.79 Å². The summed E-state index contributed by atoms with van der Waals surface area (Å²) in [6, 6.07) is 7.61. The van der Waals surface area contributed by atoms with Crippen molar-refractivity contribution in [3.63, 3.8) is 0 Å². The van der Waals surface area contributed by atoms with Crippen molar-refractivity contribution in [1.29, 1.82) is 0 Å². The smallest absolute Gasteiger partial charge is 0.412 e. The number of anilines is 2. The second-order valence-corrected chi connectivity index (χ2v) is 6.29. The lowest BCUT2D eigenvalue weighted by atomic mass is 10.2. The van der Waals surface area contributed by atoms with E-state index in [1.54, 1.807) is 0 Å². The van der Waals surface area contributed by atoms with Crippen LogP contribution in [0.15, 0.2) is 24.3 Å². The molecule has 1 aromatic rings. The van der Waals surface area contributed by atoms with Crippen molar-refractivity contribution in [1.82, 2.24) is 4.90 Å². The van der Waals surface area contributed by atoms with Gasteiger partial charge in [0.05, 0.1) is 0 Å². The van der Waals surface area contributed by atoms with Crippen LogP contribution in [0.4, 0.5) is 16.2 Å². The molecule has 0 aliphatic heterocycles. The first-order chi connectivity index (χ1) is 9.76. The van der Waals surface area contributed by atoms with Gasteiger partial charge in [-0.05, 0) is 72.1 Å². The highest BCUT2D eigenvalue weighted by Crippen LogP contribution is 2.15. The van der Waals surface area contributed by atoms with Crippen LogP contribution in [0, 0.1) is 0 Å². The fraction of sp³-hybridized carbons (Fsp3) is 0.562. The summed E-state index contributed by atoms with van der Waals surface area (Å²) in [5.74, 6) is 0. The average molecular weight is 293 g/mol. The second kappa shape index (κ2) is 7.88. The molecule has 0 radical (unpaired) electrons. The first kappa shape index (κ1) is 17.3. The molecule has 1 rings (SSSR count). The zero-order valence-electron chi connectivity index (χ0n) is 13.7. The van der Waals surface area contributed by atoms with E-state index in [-0.39, 0.29) is 0 Å². The molecule has 0 aliphatic carbocycles. The van der Waals surface area contributed by atoms with Gasteiger partial charge in [-0.2, -0.15) is 0 Å². The molecule has 0 fully saturated rings. The highest BCUT2D eigenvalue weighted by atomic mass is 16.6. The standard InChI is InChI=1S/C16H27N3O2/c1-16(2,3)21-15(20)18-14-9-7-13(8-10-14)17-11-6-12-19(4)5/h7-10,17H,6,11-12H2,1-5H3,(H,18,20). The summed E-state index contributed by atoms with van der Waals surface area (Å²) in [7, 11) is 4.13. The van der Waals surface area contributed by atoms with Gasteiger partial charge in [-0.15, -0.1) is 0 Å². The number of nitrogens with one attached hydrogen (secondary N) is 2. The quantitative estimate of drug-likeness (QED) is 0.789. The predicted octanol–water partition coefficient (Wildman–Crippen LogP) is 3.40. The van der Waals surface area contributed by atoms with Crippen LogP contribution in [-0.4, -0.2) is 43.8 Å². The molecule has 118 valence electrons. The van der Waals surface area contributed by atoms with Gasteiger partial charge in [0.15, 0.2) is 0 Å². The van der Waals surface area contributed by atoms with Crippen LogP contribution >= 0.6 is 0 Å². The van der Waals surface area contributed by atoms with Crippen LogP contribution < -0.4 is 10.6 Å². The van der Waals surface area contributed by atoms with Gasteiger partial charge in [-0.3, -0.25) is 5.32 Å². The SMILES string of the molecule is CN(C)CCCNc1ccc(NC(=O)OC(C)(C)C)cc1. The third kappa shape index (κ3) is 8.19. The minimum atomic E-state index is -0.488. The van der Waals surface area contributed by atoms with Crippen LogP contribution in [0.5, 0.6) is 0 Å². The zero-order chi connectivity index (χ0) is 15.9. The van der Waals surface area contributed by atoms with E-state index in [1.165, 1.54) is 0 Å². The molecule has 0 saturated heterocycles. The normalized spacial score (nSPS) is 11.3. The summed E-state index contributed by atoms with van der Waals surface area (Å²) in [6.45, 7) is 7.51. The van der Waals surface area contributed by atoms with Gasteiger partial charge in [0, 0.05) is 17.9 Å². The first-order valence-electron chi connectivity index (χ1n) is 7.25. The fourth-order valence-electron chi connectivity index (χ4n) is 1.72. The van der Waals surface area contributed by atoms with Crippen molar-refractivity contribution >= 4 is 17.5 Å². The van der Waals surface area contributed by atoms with E-state index < -0.39 is 11.7 Å². The number of carbonyl (C=O) groups is 1. The highest BCUT2D eigenvalue weighted by molar-refractivity contribution is 5.85. The molecule has 0 aliphatic rings. The lowest BCUT2D eigenvalue weighted by molar-refractivity contribution is 0.0636. The lowest BCUT2D eigenvalue weighted by Crippen LogP contribution is -2.27. The van der Waals surface area contributed by atoms with Gasteiger partial charge < -0.3 is 15.0 Å². The van der Waals surface area contributed by atoms with Gasteiger partial charge in [-0.1, -0.05) is 0 Å². The molecule has 0 unspecified atom stereocenters. The molecule has 1 amide bonds. The average Bonchev–Trinajstić information content (AvgIpc) is 2.34. The Morgan fingerprint density at radius 1 is 1.14 bits per heavy atom. The van der Waals surface area contributed by atoms with Crippen LogP contribution in [0.1, 0.15) is 27.2 Å². The summed E-state index contributed by atoms with van der Waals surface area (Å²) in [4.78, 5) is 13.8. The lowest BCUT2D eigenvalue weighted by Gasteiger charge is -2.19. The summed E-state index contributed by atoms with van der Waals surface area (Å²) < 4.78 is 5.20. The number of hydrogen-bond acceptors (Lipinski definition) is 4. The van der Waals surface area contributed by atoms with Gasteiger partial charge in [-0.25, -0.2) is 4.79 Å². The van der Waals surface area contributed by atoms with Gasteiger partial charge >= 0.3 is 6.09 Å². The van der Waals surface area contributed by atoms with Crippen LogP contribution in [0.25, 0.3) is 0 Å². The van der Waals surface area contributed by atoms with E-state index in [4.69, 9.17) is 4.74 Å². The van der Waals surface area contributed by atoms with E-state index in [0.717, 1.165) is 30.9 Å². The summed E-state index contributed by atoms with van der Waals surface area (Å²) in [6.07, 6.45) is 0.652. The minimum Gasteiger partial charge on any atom is -0.444 e. The monoisotopic (exact) mass is 293 g/mol. The Kier molecular flexibility index (Phi) is 6.49. The van der Waals surface area contributed by atoms with E-state index in [2.05, 4.69) is 29.6 Å². The molecule has 0 aromatic heterocycles. The van der Waals surface area contributed by atoms with Gasteiger partial charge in [0.2, 0.25) is 0 Å². The highest BCUT2D eigenvalue weighted by Gasteiger charge is 2.15. The summed E-state index contributed by atoms with van der Waals surface area (Å²) >= 11 is 0. The Bertz CT molecular complexity index is 436. The van der Waals surface area contributed by atoms with Crippen LogP contribution in [0.3, 0.4) is 0 Å². The van der Waals surface area contributed by atoms with Gasteiger partial charge in [0.25, 0.3) is 0 Å². The maximum atomic E-state index is 11.6. The minimum absolute atomic E-state index is 0.436. The Morgan fingerprint density at radius 3 is 2.24 bits per heavy atom. The van der Waals surface area contributed by atoms with Crippen molar-refractivity contribution in [3.8, 4) is 0 Å². The number of ether oxygens (including phenoxy) is 1. The molecule has 0 spiro atoms. The van der Waals surface area contributed by atoms with Crippen molar-refractivity contribution in [2.24, 2.45) is 0 Å². The fourth-order valence-corrected chi connectivity index (χ4v) is 1.72. The summed E-state index contributed by atoms with van der Waals surface area (Å²) in [5.41, 5.74) is 1.28. The molecule has 0 atom stereocenters. The molecule has 2 N–H and O–H groups in total.